The summed E-state index contributed by atoms with van der Waals surface area (Å²) in [7, 11) is 0. The van der Waals surface area contributed by atoms with Gasteiger partial charge in [0.05, 0.1) is 30.4 Å². The molecule has 7 nitrogen and oxygen atoms in total. The zero-order chi connectivity index (χ0) is 14.8. The Morgan fingerprint density at radius 1 is 1.43 bits per heavy atom. The summed E-state index contributed by atoms with van der Waals surface area (Å²) in [5.41, 5.74) is 2.31. The van der Waals surface area contributed by atoms with E-state index in [0.29, 0.717) is 12.1 Å². The van der Waals surface area contributed by atoms with Gasteiger partial charge in [-0.3, -0.25) is 4.68 Å². The van der Waals surface area contributed by atoms with E-state index in [1.165, 1.54) is 6.33 Å². The summed E-state index contributed by atoms with van der Waals surface area (Å²) < 4.78 is 3.40. The Labute approximate surface area is 121 Å². The molecule has 0 aliphatic carbocycles. The Morgan fingerprint density at radius 2 is 2.29 bits per heavy atom. The first kappa shape index (κ1) is 13.3. The topological polar surface area (TPSA) is 92.5 Å². The molecule has 3 heterocycles. The molecule has 0 radical (unpaired) electrons. The van der Waals surface area contributed by atoms with Crippen LogP contribution in [-0.2, 0) is 6.73 Å². The molecule has 21 heavy (non-hydrogen) atoms. The van der Waals surface area contributed by atoms with Gasteiger partial charge in [-0.25, -0.2) is 9.97 Å². The molecule has 0 aliphatic rings. The number of hydrogen-bond donors (Lipinski definition) is 1. The molecule has 1 atom stereocenters. The van der Waals surface area contributed by atoms with Gasteiger partial charge >= 0.3 is 0 Å². The van der Waals surface area contributed by atoms with Crippen molar-refractivity contribution in [1.29, 1.82) is 5.26 Å². The van der Waals surface area contributed by atoms with E-state index in [-0.39, 0.29) is 12.8 Å². The van der Waals surface area contributed by atoms with Gasteiger partial charge in [0.2, 0.25) is 0 Å². The quantitative estimate of drug-likeness (QED) is 0.786. The van der Waals surface area contributed by atoms with Crippen molar-refractivity contribution in [1.82, 2.24) is 24.3 Å². The van der Waals surface area contributed by atoms with Crippen LogP contribution in [-0.4, -0.2) is 29.4 Å². The fourth-order valence-corrected chi connectivity index (χ4v) is 2.27. The molecule has 0 saturated heterocycles. The molecule has 0 bridgehead atoms. The van der Waals surface area contributed by atoms with E-state index >= 15 is 0 Å². The highest BCUT2D eigenvalue weighted by atomic mass is 16.3. The molecule has 0 aromatic carbocycles. The minimum absolute atomic E-state index is 0.0168. The van der Waals surface area contributed by atoms with Crippen LogP contribution in [0.5, 0.6) is 0 Å². The van der Waals surface area contributed by atoms with Gasteiger partial charge in [0.1, 0.15) is 18.7 Å². The molecule has 7 heteroatoms. The van der Waals surface area contributed by atoms with E-state index < -0.39 is 0 Å². The smallest absolute Gasteiger partial charge is 0.145 e. The molecule has 0 unspecified atom stereocenters. The van der Waals surface area contributed by atoms with Gasteiger partial charge in [0, 0.05) is 23.3 Å². The largest absolute Gasteiger partial charge is 0.376 e. The highest BCUT2D eigenvalue weighted by Crippen LogP contribution is 2.26. The van der Waals surface area contributed by atoms with Crippen molar-refractivity contribution in [2.45, 2.75) is 26.1 Å². The summed E-state index contributed by atoms with van der Waals surface area (Å²) >= 11 is 0. The lowest BCUT2D eigenvalue weighted by atomic mass is 10.2. The van der Waals surface area contributed by atoms with Crippen LogP contribution in [0.3, 0.4) is 0 Å². The number of aromatic nitrogens is 5. The van der Waals surface area contributed by atoms with Crippen LogP contribution >= 0.6 is 0 Å². The summed E-state index contributed by atoms with van der Waals surface area (Å²) in [4.78, 5) is 8.51. The first-order chi connectivity index (χ1) is 10.2. The lowest BCUT2D eigenvalue weighted by Crippen LogP contribution is -2.04. The number of fused-ring (bicyclic) bond motifs is 1. The van der Waals surface area contributed by atoms with E-state index in [4.69, 9.17) is 5.26 Å². The average Bonchev–Trinajstić information content (AvgIpc) is 3.14. The Bertz CT molecular complexity index is 812. The maximum absolute atomic E-state index is 9.28. The van der Waals surface area contributed by atoms with Gasteiger partial charge in [0.25, 0.3) is 0 Å². The van der Waals surface area contributed by atoms with Crippen LogP contribution in [0.15, 0.2) is 31.0 Å². The number of hydrogen-bond acceptors (Lipinski definition) is 5. The molecule has 0 saturated carbocycles. The summed E-state index contributed by atoms with van der Waals surface area (Å²) in [6.07, 6.45) is 7.25. The fraction of sp³-hybridized carbons (Fsp3) is 0.286. The Kier molecular flexibility index (Phi) is 3.38. The van der Waals surface area contributed by atoms with E-state index in [1.807, 2.05) is 19.2 Å². The number of aliphatic hydroxyl groups is 1. The summed E-state index contributed by atoms with van der Waals surface area (Å²) in [5.74, 6) is 0. The minimum atomic E-state index is -0.127. The van der Waals surface area contributed by atoms with Crippen LogP contribution < -0.4 is 0 Å². The first-order valence-electron chi connectivity index (χ1n) is 6.56. The molecule has 1 N–H and O–H groups in total. The van der Waals surface area contributed by atoms with Crippen LogP contribution in [0.25, 0.3) is 22.3 Å². The van der Waals surface area contributed by atoms with Gasteiger partial charge in [0.15, 0.2) is 0 Å². The van der Waals surface area contributed by atoms with Crippen LogP contribution in [0.2, 0.25) is 0 Å². The third-order valence-corrected chi connectivity index (χ3v) is 3.42. The van der Waals surface area contributed by atoms with Gasteiger partial charge in [-0.05, 0) is 13.0 Å². The van der Waals surface area contributed by atoms with Crippen molar-refractivity contribution >= 4 is 11.0 Å². The second kappa shape index (κ2) is 5.34. The van der Waals surface area contributed by atoms with Crippen LogP contribution in [0.4, 0.5) is 0 Å². The molecule has 3 rings (SSSR count). The van der Waals surface area contributed by atoms with E-state index in [1.54, 1.807) is 21.6 Å². The van der Waals surface area contributed by atoms with Gasteiger partial charge in [-0.15, -0.1) is 0 Å². The van der Waals surface area contributed by atoms with E-state index in [0.717, 1.165) is 16.6 Å². The lowest BCUT2D eigenvalue weighted by molar-refractivity contribution is 0.215. The highest BCUT2D eigenvalue weighted by molar-refractivity contribution is 5.90. The number of nitriles is 1. The fourth-order valence-electron chi connectivity index (χ4n) is 2.27. The summed E-state index contributed by atoms with van der Waals surface area (Å²) in [6.45, 7) is 1.82. The first-order valence-corrected chi connectivity index (χ1v) is 6.56. The molecule has 3 aromatic rings. The van der Waals surface area contributed by atoms with Crippen molar-refractivity contribution in [3.63, 3.8) is 0 Å². The third-order valence-electron chi connectivity index (χ3n) is 3.42. The summed E-state index contributed by atoms with van der Waals surface area (Å²) in [5, 5.41) is 23.2. The monoisotopic (exact) mass is 282 g/mol. The predicted octanol–water partition coefficient (Wildman–Crippen LogP) is 1.72. The molecule has 3 aromatic heterocycles. The maximum Gasteiger partial charge on any atom is 0.145 e. The van der Waals surface area contributed by atoms with Crippen molar-refractivity contribution in [2.75, 3.05) is 0 Å². The third kappa shape index (κ3) is 2.26. The SMILES string of the molecule is C[C@@H](CC#N)n1cc(-c2ncnc3c2ccn3CO)cn1. The molecular weight excluding hydrogens is 268 g/mol. The highest BCUT2D eigenvalue weighted by Gasteiger charge is 2.13. The normalized spacial score (nSPS) is 12.4. The second-order valence-electron chi connectivity index (χ2n) is 4.81. The van der Waals surface area contributed by atoms with Crippen molar-refractivity contribution in [3.05, 3.63) is 31.0 Å². The molecular formula is C14H14N6O. The summed E-state index contributed by atoms with van der Waals surface area (Å²) in [6, 6.07) is 4.03. The zero-order valence-corrected chi connectivity index (χ0v) is 11.5. The van der Waals surface area contributed by atoms with Crippen LogP contribution in [0, 0.1) is 11.3 Å². The van der Waals surface area contributed by atoms with Gasteiger partial charge in [-0.1, -0.05) is 0 Å². The standard InChI is InChI=1S/C14H14N6O/c1-10(2-4-15)20-7-11(6-18-20)13-12-3-5-19(9-21)14(12)17-8-16-13/h3,5-8,10,21H,2,9H2,1H3/t10-/m0/s1. The molecule has 0 spiro atoms. The molecule has 0 amide bonds. The van der Waals surface area contributed by atoms with E-state index in [9.17, 15) is 5.11 Å². The predicted molar refractivity (Wildman–Crippen MR) is 75.9 cm³/mol. The van der Waals surface area contributed by atoms with Crippen molar-refractivity contribution in [2.24, 2.45) is 0 Å². The minimum Gasteiger partial charge on any atom is -0.376 e. The van der Waals surface area contributed by atoms with Crippen molar-refractivity contribution < 1.29 is 5.11 Å². The Morgan fingerprint density at radius 3 is 3.05 bits per heavy atom. The van der Waals surface area contributed by atoms with Gasteiger partial charge < -0.3 is 9.67 Å². The second-order valence-corrected chi connectivity index (χ2v) is 4.81. The Balaban J connectivity index is 2.05. The molecule has 0 aliphatic heterocycles. The number of nitrogens with zero attached hydrogens (tertiary/aromatic N) is 6. The van der Waals surface area contributed by atoms with Gasteiger partial charge in [-0.2, -0.15) is 10.4 Å². The zero-order valence-electron chi connectivity index (χ0n) is 11.5. The lowest BCUT2D eigenvalue weighted by Gasteiger charge is -2.06. The number of aliphatic hydroxyl groups excluding tert-OH is 1. The Hall–Kier alpha value is -2.72. The molecule has 0 fully saturated rings. The van der Waals surface area contributed by atoms with Crippen LogP contribution in [0.1, 0.15) is 19.4 Å². The van der Waals surface area contributed by atoms with E-state index in [2.05, 4.69) is 21.1 Å². The maximum atomic E-state index is 9.28. The average molecular weight is 282 g/mol. The van der Waals surface area contributed by atoms with Crippen molar-refractivity contribution in [3.8, 4) is 17.3 Å². The number of rotatable bonds is 4. The molecule has 106 valence electrons.